The Labute approximate surface area is 65.9 Å². The minimum absolute atomic E-state index is 0.261. The molecule has 0 unspecified atom stereocenters. The van der Waals surface area contributed by atoms with Crippen LogP contribution in [0.2, 0.25) is 0 Å². The van der Waals surface area contributed by atoms with E-state index in [1.54, 1.807) is 6.20 Å². The molecule has 1 N–H and O–H groups in total. The maximum absolute atomic E-state index is 9.52. The van der Waals surface area contributed by atoms with Gasteiger partial charge in [0, 0.05) is 12.4 Å². The van der Waals surface area contributed by atoms with Crippen molar-refractivity contribution < 1.29 is 5.11 Å². The number of hydrogen-bond donors (Lipinski definition) is 1. The summed E-state index contributed by atoms with van der Waals surface area (Å²) in [5, 5.41) is 9.52. The van der Waals surface area contributed by atoms with Crippen LogP contribution in [-0.2, 0) is 0 Å². The number of aliphatic hydroxyl groups is 1. The summed E-state index contributed by atoms with van der Waals surface area (Å²) in [6.07, 6.45) is 4.18. The summed E-state index contributed by atoms with van der Waals surface area (Å²) in [6.45, 7) is 2.12. The third kappa shape index (κ3) is 0.942. The van der Waals surface area contributed by atoms with Crippen molar-refractivity contribution in [3.8, 4) is 0 Å². The van der Waals surface area contributed by atoms with Gasteiger partial charge in [-0.1, -0.05) is 6.92 Å². The standard InChI is InChI=1S/C9H11NO/c1-6-4-9(11)7-2-3-10-5-8(6)7/h2-3,5-6,9,11H,4H2,1H3/t6-,9+/m0/s1. The first kappa shape index (κ1) is 6.80. The first-order valence-electron chi connectivity index (χ1n) is 3.91. The van der Waals surface area contributed by atoms with Gasteiger partial charge in [0.05, 0.1) is 6.10 Å². The highest BCUT2D eigenvalue weighted by Crippen LogP contribution is 2.38. The normalized spacial score (nSPS) is 28.5. The van der Waals surface area contributed by atoms with Crippen molar-refractivity contribution in [1.29, 1.82) is 0 Å². The van der Waals surface area contributed by atoms with Crippen LogP contribution < -0.4 is 0 Å². The van der Waals surface area contributed by atoms with Gasteiger partial charge in [-0.05, 0) is 29.5 Å². The lowest BCUT2D eigenvalue weighted by Crippen LogP contribution is -1.89. The molecular weight excluding hydrogens is 138 g/mol. The van der Waals surface area contributed by atoms with E-state index < -0.39 is 0 Å². The van der Waals surface area contributed by atoms with Crippen LogP contribution in [0.3, 0.4) is 0 Å². The minimum Gasteiger partial charge on any atom is -0.388 e. The Hall–Kier alpha value is -0.890. The SMILES string of the molecule is C[C@H]1C[C@@H](O)c2ccncc21. The summed E-state index contributed by atoms with van der Waals surface area (Å²) >= 11 is 0. The summed E-state index contributed by atoms with van der Waals surface area (Å²) < 4.78 is 0. The summed E-state index contributed by atoms with van der Waals surface area (Å²) in [6, 6.07) is 1.91. The van der Waals surface area contributed by atoms with Crippen molar-refractivity contribution >= 4 is 0 Å². The maximum Gasteiger partial charge on any atom is 0.0799 e. The minimum atomic E-state index is -0.261. The van der Waals surface area contributed by atoms with E-state index in [0.717, 1.165) is 12.0 Å². The Morgan fingerprint density at radius 1 is 1.55 bits per heavy atom. The van der Waals surface area contributed by atoms with Crippen molar-refractivity contribution in [1.82, 2.24) is 4.98 Å². The first-order valence-corrected chi connectivity index (χ1v) is 3.91. The summed E-state index contributed by atoms with van der Waals surface area (Å²) in [5.74, 6) is 0.466. The Balaban J connectivity index is 2.52. The zero-order chi connectivity index (χ0) is 7.84. The highest BCUT2D eigenvalue weighted by atomic mass is 16.3. The lowest BCUT2D eigenvalue weighted by Gasteiger charge is -2.00. The molecule has 58 valence electrons. The molecule has 0 spiro atoms. The van der Waals surface area contributed by atoms with Crippen LogP contribution >= 0.6 is 0 Å². The molecule has 2 atom stereocenters. The average molecular weight is 149 g/mol. The van der Waals surface area contributed by atoms with Gasteiger partial charge in [-0.25, -0.2) is 0 Å². The fraction of sp³-hybridized carbons (Fsp3) is 0.444. The molecule has 0 radical (unpaired) electrons. The zero-order valence-corrected chi connectivity index (χ0v) is 6.49. The molecule has 2 rings (SSSR count). The average Bonchev–Trinajstić information content (AvgIpc) is 2.30. The summed E-state index contributed by atoms with van der Waals surface area (Å²) in [4.78, 5) is 4.03. The van der Waals surface area contributed by atoms with Crippen LogP contribution in [0.15, 0.2) is 18.5 Å². The van der Waals surface area contributed by atoms with E-state index in [0.29, 0.717) is 5.92 Å². The van der Waals surface area contributed by atoms with Crippen molar-refractivity contribution in [2.75, 3.05) is 0 Å². The van der Waals surface area contributed by atoms with Gasteiger partial charge in [-0.15, -0.1) is 0 Å². The number of nitrogens with zero attached hydrogens (tertiary/aromatic N) is 1. The van der Waals surface area contributed by atoms with E-state index in [4.69, 9.17) is 0 Å². The third-order valence-corrected chi connectivity index (χ3v) is 2.35. The highest BCUT2D eigenvalue weighted by Gasteiger charge is 2.25. The van der Waals surface area contributed by atoms with E-state index in [1.807, 2.05) is 12.3 Å². The van der Waals surface area contributed by atoms with Crippen LogP contribution in [0, 0.1) is 0 Å². The Bertz CT molecular complexity index is 245. The number of rotatable bonds is 0. The van der Waals surface area contributed by atoms with Gasteiger partial charge in [-0.2, -0.15) is 0 Å². The maximum atomic E-state index is 9.52. The predicted molar refractivity (Wildman–Crippen MR) is 42.2 cm³/mol. The molecule has 0 aromatic carbocycles. The molecule has 2 heteroatoms. The van der Waals surface area contributed by atoms with Crippen molar-refractivity contribution in [2.45, 2.75) is 25.4 Å². The number of aromatic nitrogens is 1. The van der Waals surface area contributed by atoms with Gasteiger partial charge < -0.3 is 5.11 Å². The van der Waals surface area contributed by atoms with Crippen molar-refractivity contribution in [3.05, 3.63) is 29.6 Å². The van der Waals surface area contributed by atoms with E-state index in [-0.39, 0.29) is 6.10 Å². The van der Waals surface area contributed by atoms with E-state index in [2.05, 4.69) is 11.9 Å². The van der Waals surface area contributed by atoms with Crippen LogP contribution in [-0.4, -0.2) is 10.1 Å². The summed E-state index contributed by atoms with van der Waals surface area (Å²) in [5.41, 5.74) is 2.27. The zero-order valence-electron chi connectivity index (χ0n) is 6.49. The highest BCUT2D eigenvalue weighted by molar-refractivity contribution is 5.33. The second kappa shape index (κ2) is 2.31. The molecular formula is C9H11NO. The van der Waals surface area contributed by atoms with E-state index >= 15 is 0 Å². The number of aliphatic hydroxyl groups excluding tert-OH is 1. The molecule has 11 heavy (non-hydrogen) atoms. The molecule has 1 aromatic heterocycles. The Kier molecular flexibility index (Phi) is 1.43. The van der Waals surface area contributed by atoms with Crippen LogP contribution in [0.4, 0.5) is 0 Å². The number of pyridine rings is 1. The smallest absolute Gasteiger partial charge is 0.0799 e. The molecule has 0 aliphatic heterocycles. The largest absolute Gasteiger partial charge is 0.388 e. The monoisotopic (exact) mass is 149 g/mol. The molecule has 1 aliphatic rings. The van der Waals surface area contributed by atoms with Gasteiger partial charge in [0.25, 0.3) is 0 Å². The topological polar surface area (TPSA) is 33.1 Å². The number of fused-ring (bicyclic) bond motifs is 1. The van der Waals surface area contributed by atoms with Crippen LogP contribution in [0.25, 0.3) is 0 Å². The quantitative estimate of drug-likeness (QED) is 0.608. The molecule has 1 heterocycles. The predicted octanol–water partition coefficient (Wildman–Crippen LogP) is 1.62. The van der Waals surface area contributed by atoms with Crippen LogP contribution in [0.5, 0.6) is 0 Å². The second-order valence-corrected chi connectivity index (χ2v) is 3.16. The molecule has 1 aliphatic carbocycles. The molecule has 1 aromatic rings. The number of hydrogen-bond acceptors (Lipinski definition) is 2. The fourth-order valence-electron chi connectivity index (χ4n) is 1.72. The molecule has 0 amide bonds. The lowest BCUT2D eigenvalue weighted by molar-refractivity contribution is 0.174. The van der Waals surface area contributed by atoms with Crippen molar-refractivity contribution in [2.24, 2.45) is 0 Å². The van der Waals surface area contributed by atoms with E-state index in [1.165, 1.54) is 5.56 Å². The van der Waals surface area contributed by atoms with Gasteiger partial charge in [0.15, 0.2) is 0 Å². The molecule has 0 saturated heterocycles. The third-order valence-electron chi connectivity index (χ3n) is 2.35. The Morgan fingerprint density at radius 2 is 2.36 bits per heavy atom. The van der Waals surface area contributed by atoms with Gasteiger partial charge >= 0.3 is 0 Å². The lowest BCUT2D eigenvalue weighted by atomic mass is 10.1. The molecule has 2 nitrogen and oxygen atoms in total. The second-order valence-electron chi connectivity index (χ2n) is 3.16. The molecule has 0 fully saturated rings. The first-order chi connectivity index (χ1) is 5.29. The van der Waals surface area contributed by atoms with E-state index in [9.17, 15) is 5.11 Å². The molecule has 0 bridgehead atoms. The Morgan fingerprint density at radius 3 is 3.09 bits per heavy atom. The molecule has 0 saturated carbocycles. The fourth-order valence-corrected chi connectivity index (χ4v) is 1.72. The van der Waals surface area contributed by atoms with Crippen molar-refractivity contribution in [3.63, 3.8) is 0 Å². The van der Waals surface area contributed by atoms with Crippen LogP contribution in [0.1, 0.15) is 36.5 Å². The van der Waals surface area contributed by atoms with Gasteiger partial charge in [-0.3, -0.25) is 4.98 Å². The van der Waals surface area contributed by atoms with Gasteiger partial charge in [0.1, 0.15) is 0 Å². The summed E-state index contributed by atoms with van der Waals surface area (Å²) in [7, 11) is 0. The van der Waals surface area contributed by atoms with Gasteiger partial charge in [0.2, 0.25) is 0 Å².